The van der Waals surface area contributed by atoms with Crippen LogP contribution >= 0.6 is 24.0 Å². The largest absolute Gasteiger partial charge is 0.467 e. The number of imide groups is 1. The monoisotopic (exact) mass is 421 g/mol. The van der Waals surface area contributed by atoms with Gasteiger partial charge in [0, 0.05) is 19.6 Å². The standard InChI is InChI=1S/C13H19N5O3.HI/c1-2-14-12(16-8-10-4-3-7-21-10)15-5-6-18-11(19)9-17-13(18)20;/h3-4,7H,2,5-6,8-9H2,1H3,(H,17,20)(H2,14,15,16);1H. The van der Waals surface area contributed by atoms with E-state index in [4.69, 9.17) is 4.42 Å². The number of carbonyl (C=O) groups is 2. The number of guanidine groups is 1. The molecule has 0 unspecified atom stereocenters. The summed E-state index contributed by atoms with van der Waals surface area (Å²) >= 11 is 0. The van der Waals surface area contributed by atoms with E-state index in [1.165, 1.54) is 4.90 Å². The van der Waals surface area contributed by atoms with E-state index in [1.54, 1.807) is 6.26 Å². The predicted octanol–water partition coefficient (Wildman–Crippen LogP) is 0.504. The van der Waals surface area contributed by atoms with Gasteiger partial charge in [0.2, 0.25) is 5.91 Å². The fraction of sp³-hybridized carbons (Fsp3) is 0.462. The third-order valence-electron chi connectivity index (χ3n) is 2.88. The van der Waals surface area contributed by atoms with Gasteiger partial charge in [-0.25, -0.2) is 9.79 Å². The first-order chi connectivity index (χ1) is 10.2. The minimum absolute atomic E-state index is 0. The molecule has 3 N–H and O–H groups in total. The fourth-order valence-corrected chi connectivity index (χ4v) is 1.87. The number of hydrogen-bond donors (Lipinski definition) is 3. The molecule has 22 heavy (non-hydrogen) atoms. The third kappa shape index (κ3) is 5.20. The third-order valence-corrected chi connectivity index (χ3v) is 2.88. The number of furan rings is 1. The van der Waals surface area contributed by atoms with Crippen LogP contribution in [0.25, 0.3) is 0 Å². The Balaban J connectivity index is 0.00000242. The zero-order chi connectivity index (χ0) is 15.1. The molecule has 0 saturated carbocycles. The molecule has 1 aliphatic rings. The number of urea groups is 1. The first-order valence-electron chi connectivity index (χ1n) is 6.83. The summed E-state index contributed by atoms with van der Waals surface area (Å²) in [6.45, 7) is 3.91. The Morgan fingerprint density at radius 3 is 2.86 bits per heavy atom. The van der Waals surface area contributed by atoms with E-state index in [9.17, 15) is 9.59 Å². The van der Waals surface area contributed by atoms with Crippen LogP contribution in [0.2, 0.25) is 0 Å². The Hall–Kier alpha value is -1.78. The van der Waals surface area contributed by atoms with Crippen LogP contribution in [0.15, 0.2) is 27.8 Å². The van der Waals surface area contributed by atoms with E-state index in [2.05, 4.69) is 20.9 Å². The van der Waals surface area contributed by atoms with E-state index < -0.39 is 0 Å². The second-order valence-corrected chi connectivity index (χ2v) is 4.41. The Labute approximate surface area is 145 Å². The zero-order valence-electron chi connectivity index (χ0n) is 12.3. The number of aliphatic imine (C=N–C) groups is 1. The molecule has 122 valence electrons. The van der Waals surface area contributed by atoms with Gasteiger partial charge >= 0.3 is 6.03 Å². The molecule has 1 aromatic rings. The van der Waals surface area contributed by atoms with Crippen molar-refractivity contribution in [1.29, 1.82) is 0 Å². The maximum Gasteiger partial charge on any atom is 0.324 e. The van der Waals surface area contributed by atoms with Gasteiger partial charge in [-0.05, 0) is 19.1 Å². The van der Waals surface area contributed by atoms with Crippen molar-refractivity contribution in [2.24, 2.45) is 4.99 Å². The molecule has 2 heterocycles. The quantitative estimate of drug-likeness (QED) is 0.269. The average molecular weight is 421 g/mol. The molecule has 0 aromatic carbocycles. The van der Waals surface area contributed by atoms with Crippen LogP contribution in [0.5, 0.6) is 0 Å². The molecule has 1 saturated heterocycles. The van der Waals surface area contributed by atoms with Crippen molar-refractivity contribution in [3.05, 3.63) is 24.2 Å². The van der Waals surface area contributed by atoms with Crippen molar-refractivity contribution in [3.8, 4) is 0 Å². The SMILES string of the molecule is CCNC(=NCc1ccco1)NCCN1C(=O)CNC1=O.I. The molecule has 0 aliphatic carbocycles. The Kier molecular flexibility index (Phi) is 7.71. The van der Waals surface area contributed by atoms with E-state index in [1.807, 2.05) is 19.1 Å². The van der Waals surface area contributed by atoms with Crippen molar-refractivity contribution >= 4 is 41.9 Å². The number of hydrogen-bond acceptors (Lipinski definition) is 4. The Bertz CT molecular complexity index is 502. The highest BCUT2D eigenvalue weighted by Gasteiger charge is 2.27. The summed E-state index contributed by atoms with van der Waals surface area (Å²) in [7, 11) is 0. The van der Waals surface area contributed by atoms with Gasteiger partial charge in [0.05, 0.1) is 12.8 Å². The number of halogens is 1. The topological polar surface area (TPSA) is 99.0 Å². The van der Waals surface area contributed by atoms with Crippen LogP contribution in [0, 0.1) is 0 Å². The average Bonchev–Trinajstić information content (AvgIpc) is 3.09. The number of carbonyl (C=O) groups excluding carboxylic acids is 2. The Morgan fingerprint density at radius 2 is 2.27 bits per heavy atom. The van der Waals surface area contributed by atoms with Crippen molar-refractivity contribution in [1.82, 2.24) is 20.9 Å². The molecule has 0 bridgehead atoms. The lowest BCUT2D eigenvalue weighted by Gasteiger charge is -2.15. The van der Waals surface area contributed by atoms with E-state index >= 15 is 0 Å². The molecular weight excluding hydrogens is 401 g/mol. The van der Waals surface area contributed by atoms with Gasteiger partial charge in [-0.15, -0.1) is 24.0 Å². The Morgan fingerprint density at radius 1 is 1.45 bits per heavy atom. The fourth-order valence-electron chi connectivity index (χ4n) is 1.87. The summed E-state index contributed by atoms with van der Waals surface area (Å²) in [5, 5.41) is 8.64. The van der Waals surface area contributed by atoms with Gasteiger partial charge in [0.15, 0.2) is 5.96 Å². The number of amides is 3. The lowest BCUT2D eigenvalue weighted by Crippen LogP contribution is -2.43. The maximum atomic E-state index is 11.4. The predicted molar refractivity (Wildman–Crippen MR) is 92.1 cm³/mol. The molecule has 3 amide bonds. The highest BCUT2D eigenvalue weighted by molar-refractivity contribution is 14.0. The minimum Gasteiger partial charge on any atom is -0.467 e. The molecule has 1 aromatic heterocycles. The first-order valence-corrected chi connectivity index (χ1v) is 6.83. The van der Waals surface area contributed by atoms with Crippen molar-refractivity contribution in [3.63, 3.8) is 0 Å². The van der Waals surface area contributed by atoms with Crippen molar-refractivity contribution < 1.29 is 14.0 Å². The summed E-state index contributed by atoms with van der Waals surface area (Å²) in [6.07, 6.45) is 1.60. The highest BCUT2D eigenvalue weighted by Crippen LogP contribution is 2.01. The zero-order valence-corrected chi connectivity index (χ0v) is 14.6. The van der Waals surface area contributed by atoms with Crippen LogP contribution in [0.4, 0.5) is 4.79 Å². The molecule has 0 spiro atoms. The van der Waals surface area contributed by atoms with E-state index in [0.717, 1.165) is 5.76 Å². The second-order valence-electron chi connectivity index (χ2n) is 4.41. The second kappa shape index (κ2) is 9.28. The number of nitrogens with zero attached hydrogens (tertiary/aromatic N) is 2. The normalized spacial score (nSPS) is 14.6. The van der Waals surface area contributed by atoms with E-state index in [0.29, 0.717) is 32.1 Å². The smallest absolute Gasteiger partial charge is 0.324 e. The first kappa shape index (κ1) is 18.3. The van der Waals surface area contributed by atoms with Gasteiger partial charge in [0.25, 0.3) is 0 Å². The lowest BCUT2D eigenvalue weighted by molar-refractivity contribution is -0.124. The molecule has 1 aliphatic heterocycles. The van der Waals surface area contributed by atoms with Gasteiger partial charge in [-0.2, -0.15) is 0 Å². The minimum atomic E-state index is -0.348. The van der Waals surface area contributed by atoms with Gasteiger partial charge in [-0.3, -0.25) is 9.69 Å². The molecule has 1 fully saturated rings. The van der Waals surface area contributed by atoms with Gasteiger partial charge in [0.1, 0.15) is 12.3 Å². The summed E-state index contributed by atoms with van der Waals surface area (Å²) in [5.74, 6) is 1.17. The highest BCUT2D eigenvalue weighted by atomic mass is 127. The number of rotatable bonds is 6. The molecule has 0 atom stereocenters. The summed E-state index contributed by atoms with van der Waals surface area (Å²) in [5.41, 5.74) is 0. The van der Waals surface area contributed by atoms with Crippen molar-refractivity contribution in [2.45, 2.75) is 13.5 Å². The summed E-state index contributed by atoms with van der Waals surface area (Å²) in [4.78, 5) is 28.3. The molecule has 2 rings (SSSR count). The number of nitrogens with one attached hydrogen (secondary N) is 3. The maximum absolute atomic E-state index is 11.4. The van der Waals surface area contributed by atoms with Gasteiger partial charge in [-0.1, -0.05) is 0 Å². The van der Waals surface area contributed by atoms with Gasteiger partial charge < -0.3 is 20.4 Å². The molecule has 8 nitrogen and oxygen atoms in total. The van der Waals surface area contributed by atoms with Crippen LogP contribution in [-0.2, 0) is 11.3 Å². The summed E-state index contributed by atoms with van der Waals surface area (Å²) < 4.78 is 5.21. The van der Waals surface area contributed by atoms with Crippen LogP contribution in [0.1, 0.15) is 12.7 Å². The van der Waals surface area contributed by atoms with Crippen LogP contribution in [0.3, 0.4) is 0 Å². The molecule has 0 radical (unpaired) electrons. The van der Waals surface area contributed by atoms with Crippen LogP contribution in [-0.4, -0.2) is 49.0 Å². The van der Waals surface area contributed by atoms with Crippen LogP contribution < -0.4 is 16.0 Å². The van der Waals surface area contributed by atoms with Crippen molar-refractivity contribution in [2.75, 3.05) is 26.2 Å². The summed E-state index contributed by atoms with van der Waals surface area (Å²) in [6, 6.07) is 3.31. The van der Waals surface area contributed by atoms with E-state index in [-0.39, 0.29) is 42.5 Å². The molecule has 9 heteroatoms. The molecular formula is C13H20IN5O3. The lowest BCUT2D eigenvalue weighted by atomic mass is 10.4.